The molecule has 3 aromatic rings. The third-order valence-corrected chi connectivity index (χ3v) is 6.20. The van der Waals surface area contributed by atoms with Crippen LogP contribution in [-0.2, 0) is 24.2 Å². The number of carbonyl (C=O) groups excluding carboxylic acids is 2. The van der Waals surface area contributed by atoms with Crippen molar-refractivity contribution >= 4 is 28.2 Å². The molecule has 0 atom stereocenters. The summed E-state index contributed by atoms with van der Waals surface area (Å²) in [5.41, 5.74) is 9.02. The van der Waals surface area contributed by atoms with Gasteiger partial charge < -0.3 is 11.1 Å². The Morgan fingerprint density at radius 3 is 2.69 bits per heavy atom. The maximum Gasteiger partial charge on any atom is 0.251 e. The first-order chi connectivity index (χ1) is 13.9. The van der Waals surface area contributed by atoms with Gasteiger partial charge in [-0.2, -0.15) is 4.80 Å². The van der Waals surface area contributed by atoms with Crippen LogP contribution in [0.2, 0.25) is 0 Å². The monoisotopic (exact) mass is 410 g/mol. The van der Waals surface area contributed by atoms with E-state index in [-0.39, 0.29) is 12.5 Å². The predicted molar refractivity (Wildman–Crippen MR) is 111 cm³/mol. The minimum Gasteiger partial charge on any atom is -0.365 e. The Hall–Kier alpha value is -3.07. The molecule has 2 amide bonds. The number of aryl methyl sites for hydroxylation is 1. The highest BCUT2D eigenvalue weighted by molar-refractivity contribution is 7.17. The Morgan fingerprint density at radius 1 is 1.24 bits per heavy atom. The fourth-order valence-electron chi connectivity index (χ4n) is 3.49. The number of amides is 2. The third-order valence-electron chi connectivity index (χ3n) is 4.99. The second kappa shape index (κ2) is 7.75. The summed E-state index contributed by atoms with van der Waals surface area (Å²) in [7, 11) is 0. The standard InChI is InChI=1S/C20H22N6O2S/c1-11(2)12-6-8-13(9-7-12)19-23-25-26(24-19)10-16(27)22-20-17(18(21)28)14-4-3-5-15(14)29-20/h6-9,11H,3-5,10H2,1-2H3,(H2,21,28)(H,22,27). The molecule has 0 saturated heterocycles. The number of hydrogen-bond acceptors (Lipinski definition) is 6. The van der Waals surface area contributed by atoms with Crippen molar-refractivity contribution in [2.75, 3.05) is 5.32 Å². The molecule has 0 spiro atoms. The number of nitrogens with zero attached hydrogens (tertiary/aromatic N) is 4. The summed E-state index contributed by atoms with van der Waals surface area (Å²) in [6.07, 6.45) is 2.75. The molecule has 0 aliphatic heterocycles. The van der Waals surface area contributed by atoms with Gasteiger partial charge in [0.1, 0.15) is 11.5 Å². The SMILES string of the molecule is CC(C)c1ccc(-c2nnn(CC(=O)Nc3sc4c(c3C(N)=O)CCC4)n2)cc1. The van der Waals surface area contributed by atoms with Crippen LogP contribution in [0, 0.1) is 0 Å². The van der Waals surface area contributed by atoms with E-state index in [4.69, 9.17) is 5.73 Å². The number of rotatable bonds is 6. The van der Waals surface area contributed by atoms with Crippen LogP contribution in [0.15, 0.2) is 24.3 Å². The highest BCUT2D eigenvalue weighted by Gasteiger charge is 2.26. The van der Waals surface area contributed by atoms with Crippen molar-refractivity contribution in [1.82, 2.24) is 20.2 Å². The minimum atomic E-state index is -0.509. The van der Waals surface area contributed by atoms with E-state index in [1.165, 1.54) is 21.7 Å². The van der Waals surface area contributed by atoms with Gasteiger partial charge in [0, 0.05) is 10.4 Å². The predicted octanol–water partition coefficient (Wildman–Crippen LogP) is 2.75. The van der Waals surface area contributed by atoms with Gasteiger partial charge in [-0.05, 0) is 41.5 Å². The van der Waals surface area contributed by atoms with Crippen molar-refractivity contribution in [2.45, 2.75) is 45.6 Å². The summed E-state index contributed by atoms with van der Waals surface area (Å²) in [5, 5.41) is 15.6. The first-order valence-corrected chi connectivity index (χ1v) is 10.4. The van der Waals surface area contributed by atoms with Gasteiger partial charge in [0.25, 0.3) is 5.91 Å². The van der Waals surface area contributed by atoms with E-state index in [1.54, 1.807) is 0 Å². The van der Waals surface area contributed by atoms with Gasteiger partial charge in [0.2, 0.25) is 11.7 Å². The number of nitrogens with one attached hydrogen (secondary N) is 1. The van der Waals surface area contributed by atoms with Gasteiger partial charge in [-0.3, -0.25) is 9.59 Å². The van der Waals surface area contributed by atoms with Crippen molar-refractivity contribution in [2.24, 2.45) is 5.73 Å². The van der Waals surface area contributed by atoms with E-state index < -0.39 is 5.91 Å². The van der Waals surface area contributed by atoms with E-state index in [2.05, 4.69) is 34.6 Å². The minimum absolute atomic E-state index is 0.0994. The van der Waals surface area contributed by atoms with Crippen LogP contribution in [0.1, 0.15) is 52.5 Å². The lowest BCUT2D eigenvalue weighted by Crippen LogP contribution is -2.22. The molecule has 0 unspecified atom stereocenters. The van der Waals surface area contributed by atoms with Crippen LogP contribution in [0.25, 0.3) is 11.4 Å². The maximum absolute atomic E-state index is 12.5. The van der Waals surface area contributed by atoms with Gasteiger partial charge in [-0.25, -0.2) is 0 Å². The summed E-state index contributed by atoms with van der Waals surface area (Å²) < 4.78 is 0. The number of aromatic nitrogens is 4. The second-order valence-corrected chi connectivity index (χ2v) is 8.50. The Balaban J connectivity index is 1.46. The van der Waals surface area contributed by atoms with Crippen molar-refractivity contribution in [1.29, 1.82) is 0 Å². The fraction of sp³-hybridized carbons (Fsp3) is 0.350. The van der Waals surface area contributed by atoms with Crippen molar-refractivity contribution in [3.8, 4) is 11.4 Å². The normalized spacial score (nSPS) is 12.9. The molecule has 0 fully saturated rings. The smallest absolute Gasteiger partial charge is 0.251 e. The molecule has 8 nitrogen and oxygen atoms in total. The Morgan fingerprint density at radius 2 is 2.00 bits per heavy atom. The molecule has 2 aromatic heterocycles. The summed E-state index contributed by atoms with van der Waals surface area (Å²) in [6.45, 7) is 4.17. The average Bonchev–Trinajstić information content (AvgIpc) is 3.37. The number of hydrogen-bond donors (Lipinski definition) is 2. The maximum atomic E-state index is 12.5. The quantitative estimate of drug-likeness (QED) is 0.648. The van der Waals surface area contributed by atoms with Crippen LogP contribution in [0.4, 0.5) is 5.00 Å². The highest BCUT2D eigenvalue weighted by Crippen LogP contribution is 2.38. The highest BCUT2D eigenvalue weighted by atomic mass is 32.1. The molecule has 0 bridgehead atoms. The van der Waals surface area contributed by atoms with Gasteiger partial charge in [0.05, 0.1) is 5.56 Å². The molecule has 1 aliphatic carbocycles. The van der Waals surface area contributed by atoms with E-state index in [0.717, 1.165) is 35.3 Å². The first-order valence-electron chi connectivity index (χ1n) is 9.54. The van der Waals surface area contributed by atoms with E-state index in [0.29, 0.717) is 22.3 Å². The number of benzene rings is 1. The molecule has 150 valence electrons. The number of thiophene rings is 1. The summed E-state index contributed by atoms with van der Waals surface area (Å²) in [6, 6.07) is 7.97. The van der Waals surface area contributed by atoms with Crippen LogP contribution in [0.5, 0.6) is 0 Å². The molecule has 3 N–H and O–H groups in total. The molecular formula is C20H22N6O2S. The third kappa shape index (κ3) is 3.91. The Labute approximate surface area is 172 Å². The van der Waals surface area contributed by atoms with Crippen molar-refractivity contribution in [3.05, 3.63) is 45.8 Å². The summed E-state index contributed by atoms with van der Waals surface area (Å²) in [4.78, 5) is 26.7. The molecule has 4 rings (SSSR count). The van der Waals surface area contributed by atoms with Crippen LogP contribution in [-0.4, -0.2) is 32.0 Å². The number of fused-ring (bicyclic) bond motifs is 1. The van der Waals surface area contributed by atoms with Gasteiger partial charge in [-0.1, -0.05) is 38.1 Å². The number of primary amides is 1. The van der Waals surface area contributed by atoms with Crippen LogP contribution in [0.3, 0.4) is 0 Å². The van der Waals surface area contributed by atoms with E-state index in [1.807, 2.05) is 24.3 Å². The van der Waals surface area contributed by atoms with Crippen molar-refractivity contribution in [3.63, 3.8) is 0 Å². The van der Waals surface area contributed by atoms with Gasteiger partial charge in [0.15, 0.2) is 0 Å². The lowest BCUT2D eigenvalue weighted by atomic mass is 10.0. The first kappa shape index (κ1) is 19.3. The lowest BCUT2D eigenvalue weighted by Gasteiger charge is -2.05. The second-order valence-electron chi connectivity index (χ2n) is 7.39. The number of nitrogens with two attached hydrogens (primary N) is 1. The van der Waals surface area contributed by atoms with Crippen molar-refractivity contribution < 1.29 is 9.59 Å². The van der Waals surface area contributed by atoms with E-state index in [9.17, 15) is 9.59 Å². The summed E-state index contributed by atoms with van der Waals surface area (Å²) >= 11 is 1.42. The molecular weight excluding hydrogens is 388 g/mol. The molecule has 1 aliphatic rings. The number of carbonyl (C=O) groups is 2. The average molecular weight is 411 g/mol. The lowest BCUT2D eigenvalue weighted by molar-refractivity contribution is -0.117. The zero-order valence-corrected chi connectivity index (χ0v) is 17.1. The van der Waals surface area contributed by atoms with Gasteiger partial charge in [-0.15, -0.1) is 21.5 Å². The topological polar surface area (TPSA) is 116 Å². The molecule has 0 saturated carbocycles. The number of tetrazole rings is 1. The molecule has 29 heavy (non-hydrogen) atoms. The molecule has 0 radical (unpaired) electrons. The number of anilines is 1. The molecule has 2 heterocycles. The molecule has 9 heteroatoms. The van der Waals surface area contributed by atoms with Crippen LogP contribution < -0.4 is 11.1 Å². The van der Waals surface area contributed by atoms with E-state index >= 15 is 0 Å². The zero-order chi connectivity index (χ0) is 20.5. The van der Waals surface area contributed by atoms with Crippen LogP contribution >= 0.6 is 11.3 Å². The van der Waals surface area contributed by atoms with Gasteiger partial charge >= 0.3 is 0 Å². The largest absolute Gasteiger partial charge is 0.365 e. The fourth-order valence-corrected chi connectivity index (χ4v) is 4.80. The Kier molecular flexibility index (Phi) is 5.14. The zero-order valence-electron chi connectivity index (χ0n) is 16.3. The summed E-state index contributed by atoms with van der Waals surface area (Å²) in [5.74, 6) is 0.0681. The molecule has 1 aromatic carbocycles. The Bertz CT molecular complexity index is 1070.